The van der Waals surface area contributed by atoms with Gasteiger partial charge in [0.2, 0.25) is 0 Å². The minimum atomic E-state index is -0.201. The molecule has 1 aromatic rings. The highest BCUT2D eigenvalue weighted by Gasteiger charge is 2.25. The molecule has 20 heavy (non-hydrogen) atoms. The molecule has 1 aromatic carbocycles. The average Bonchev–Trinajstić information content (AvgIpc) is 3.25. The van der Waals surface area contributed by atoms with Crippen LogP contribution in [0.4, 0.5) is 5.69 Å². The number of carbonyl (C=O) groups is 1. The molecule has 0 atom stereocenters. The van der Waals surface area contributed by atoms with Crippen molar-refractivity contribution in [3.63, 3.8) is 0 Å². The lowest BCUT2D eigenvalue weighted by molar-refractivity contribution is 0.0946. The van der Waals surface area contributed by atoms with E-state index in [0.29, 0.717) is 34.6 Å². The molecular weight excluding hydrogens is 278 g/mol. The van der Waals surface area contributed by atoms with E-state index in [9.17, 15) is 4.79 Å². The summed E-state index contributed by atoms with van der Waals surface area (Å²) in [5.74, 6) is 0.230. The van der Waals surface area contributed by atoms with Gasteiger partial charge in [-0.15, -0.1) is 0 Å². The number of methoxy groups -OCH3 is 1. The molecule has 1 aliphatic rings. The van der Waals surface area contributed by atoms with Gasteiger partial charge in [0.15, 0.2) is 0 Å². The molecule has 1 aliphatic carbocycles. The van der Waals surface area contributed by atoms with E-state index in [4.69, 9.17) is 22.1 Å². The molecule has 2 rings (SSSR count). The topological polar surface area (TPSA) is 67.6 Å². The first-order chi connectivity index (χ1) is 9.52. The summed E-state index contributed by atoms with van der Waals surface area (Å²) >= 11 is 5.95. The first-order valence-electron chi connectivity index (χ1n) is 6.64. The van der Waals surface area contributed by atoms with Crippen LogP contribution in [0.5, 0.6) is 5.75 Å². The van der Waals surface area contributed by atoms with Crippen LogP contribution >= 0.6 is 11.6 Å². The summed E-state index contributed by atoms with van der Waals surface area (Å²) in [6.45, 7) is 1.43. The lowest BCUT2D eigenvalue weighted by Gasteiger charge is -2.16. The lowest BCUT2D eigenvalue weighted by Crippen LogP contribution is -2.34. The van der Waals surface area contributed by atoms with Gasteiger partial charge in [0.25, 0.3) is 5.91 Å². The third-order valence-corrected chi connectivity index (χ3v) is 3.81. The second-order valence-corrected chi connectivity index (χ2v) is 5.45. The number of ether oxygens (including phenoxy) is 1. The number of nitrogens with two attached hydrogens (primary N) is 1. The minimum Gasteiger partial charge on any atom is -0.496 e. The molecule has 6 heteroatoms. The summed E-state index contributed by atoms with van der Waals surface area (Å²) in [4.78, 5) is 14.4. The van der Waals surface area contributed by atoms with E-state index < -0.39 is 0 Å². The fourth-order valence-electron chi connectivity index (χ4n) is 2.05. The first kappa shape index (κ1) is 14.9. The maximum Gasteiger partial charge on any atom is 0.255 e. The van der Waals surface area contributed by atoms with Gasteiger partial charge in [0, 0.05) is 25.2 Å². The molecule has 0 aromatic heterocycles. The molecule has 0 aliphatic heterocycles. The predicted molar refractivity (Wildman–Crippen MR) is 80.4 cm³/mol. The molecular formula is C14H20ClN3O2. The van der Waals surface area contributed by atoms with Crippen molar-refractivity contribution < 1.29 is 9.53 Å². The van der Waals surface area contributed by atoms with Gasteiger partial charge < -0.3 is 20.7 Å². The Morgan fingerprint density at radius 3 is 2.85 bits per heavy atom. The molecule has 1 amide bonds. The van der Waals surface area contributed by atoms with Crippen molar-refractivity contribution in [2.24, 2.45) is 0 Å². The number of anilines is 1. The van der Waals surface area contributed by atoms with Crippen LogP contribution < -0.4 is 15.8 Å². The fraction of sp³-hybridized carbons (Fsp3) is 0.500. The number of likely N-dealkylation sites (N-methyl/N-ethyl adjacent to an activating group) is 1. The largest absolute Gasteiger partial charge is 0.496 e. The van der Waals surface area contributed by atoms with E-state index in [0.717, 1.165) is 6.54 Å². The number of hydrogen-bond acceptors (Lipinski definition) is 4. The SMILES string of the molecule is COc1cc(N)c(Cl)cc1C(=O)NCCN(C)C1CC1. The van der Waals surface area contributed by atoms with Gasteiger partial charge >= 0.3 is 0 Å². The number of nitrogen functional groups attached to an aromatic ring is 1. The van der Waals surface area contributed by atoms with Crippen molar-refractivity contribution in [1.29, 1.82) is 0 Å². The van der Waals surface area contributed by atoms with Crippen molar-refractivity contribution >= 4 is 23.2 Å². The van der Waals surface area contributed by atoms with Crippen LogP contribution in [0.1, 0.15) is 23.2 Å². The van der Waals surface area contributed by atoms with Crippen LogP contribution in [0, 0.1) is 0 Å². The normalized spacial score (nSPS) is 14.4. The summed E-state index contributed by atoms with van der Waals surface area (Å²) in [6.07, 6.45) is 2.51. The van der Waals surface area contributed by atoms with E-state index in [-0.39, 0.29) is 5.91 Å². The van der Waals surface area contributed by atoms with Crippen LogP contribution in [0.25, 0.3) is 0 Å². The Hall–Kier alpha value is -1.46. The van der Waals surface area contributed by atoms with E-state index in [1.165, 1.54) is 26.0 Å². The maximum absolute atomic E-state index is 12.1. The van der Waals surface area contributed by atoms with E-state index in [2.05, 4.69) is 17.3 Å². The zero-order chi connectivity index (χ0) is 14.7. The number of rotatable bonds is 6. The Morgan fingerprint density at radius 1 is 1.55 bits per heavy atom. The van der Waals surface area contributed by atoms with E-state index in [1.54, 1.807) is 6.07 Å². The van der Waals surface area contributed by atoms with Crippen molar-refractivity contribution in [3.8, 4) is 5.75 Å². The van der Waals surface area contributed by atoms with Crippen LogP contribution in [0.3, 0.4) is 0 Å². The summed E-state index contributed by atoms with van der Waals surface area (Å²) in [6, 6.07) is 3.79. The second kappa shape index (κ2) is 6.33. The second-order valence-electron chi connectivity index (χ2n) is 5.04. The quantitative estimate of drug-likeness (QED) is 0.785. The van der Waals surface area contributed by atoms with Crippen molar-refractivity contribution in [2.45, 2.75) is 18.9 Å². The third kappa shape index (κ3) is 3.55. The standard InChI is InChI=1S/C14H20ClN3O2/c1-18(9-3-4-9)6-5-17-14(19)10-7-11(15)12(16)8-13(10)20-2/h7-9H,3-6,16H2,1-2H3,(H,17,19). The highest BCUT2D eigenvalue weighted by molar-refractivity contribution is 6.33. The molecule has 0 bridgehead atoms. The summed E-state index contributed by atoms with van der Waals surface area (Å²) < 4.78 is 5.17. The van der Waals surface area contributed by atoms with Gasteiger partial charge in [0.05, 0.1) is 23.4 Å². The van der Waals surface area contributed by atoms with Crippen LogP contribution in [-0.2, 0) is 0 Å². The van der Waals surface area contributed by atoms with Crippen LogP contribution in [-0.4, -0.2) is 44.1 Å². The number of benzene rings is 1. The van der Waals surface area contributed by atoms with Gasteiger partial charge in [0.1, 0.15) is 5.75 Å². The smallest absolute Gasteiger partial charge is 0.255 e. The van der Waals surface area contributed by atoms with Gasteiger partial charge in [-0.25, -0.2) is 0 Å². The first-order valence-corrected chi connectivity index (χ1v) is 7.02. The molecule has 110 valence electrons. The Balaban J connectivity index is 1.95. The third-order valence-electron chi connectivity index (χ3n) is 3.48. The van der Waals surface area contributed by atoms with Crippen molar-refractivity contribution in [1.82, 2.24) is 10.2 Å². The zero-order valence-electron chi connectivity index (χ0n) is 11.8. The van der Waals surface area contributed by atoms with Gasteiger partial charge in [-0.1, -0.05) is 11.6 Å². The maximum atomic E-state index is 12.1. The minimum absolute atomic E-state index is 0.201. The monoisotopic (exact) mass is 297 g/mol. The zero-order valence-corrected chi connectivity index (χ0v) is 12.5. The molecule has 3 N–H and O–H groups in total. The molecule has 0 spiro atoms. The number of hydrogen-bond donors (Lipinski definition) is 2. The molecule has 0 heterocycles. The van der Waals surface area contributed by atoms with Crippen LogP contribution in [0.15, 0.2) is 12.1 Å². The average molecular weight is 298 g/mol. The van der Waals surface area contributed by atoms with Gasteiger partial charge in [-0.2, -0.15) is 0 Å². The lowest BCUT2D eigenvalue weighted by atomic mass is 10.1. The Bertz CT molecular complexity index is 503. The highest BCUT2D eigenvalue weighted by Crippen LogP contribution is 2.28. The number of halogens is 1. The number of nitrogens with zero attached hydrogens (tertiary/aromatic N) is 1. The Kier molecular flexibility index (Phi) is 4.73. The van der Waals surface area contributed by atoms with Crippen molar-refractivity contribution in [3.05, 3.63) is 22.7 Å². The number of carbonyl (C=O) groups excluding carboxylic acids is 1. The Labute approximate surface area is 124 Å². The number of amides is 1. The molecule has 1 saturated carbocycles. The summed E-state index contributed by atoms with van der Waals surface area (Å²) in [7, 11) is 3.57. The van der Waals surface area contributed by atoms with Crippen molar-refractivity contribution in [2.75, 3.05) is 33.0 Å². The van der Waals surface area contributed by atoms with Gasteiger partial charge in [-0.05, 0) is 26.0 Å². The molecule has 1 fully saturated rings. The van der Waals surface area contributed by atoms with Crippen LogP contribution in [0.2, 0.25) is 5.02 Å². The highest BCUT2D eigenvalue weighted by atomic mass is 35.5. The number of nitrogens with one attached hydrogen (secondary N) is 1. The summed E-state index contributed by atoms with van der Waals surface area (Å²) in [5.41, 5.74) is 6.50. The van der Waals surface area contributed by atoms with Gasteiger partial charge in [-0.3, -0.25) is 4.79 Å². The molecule has 0 saturated heterocycles. The summed E-state index contributed by atoms with van der Waals surface area (Å²) in [5, 5.41) is 3.23. The van der Waals surface area contributed by atoms with E-state index in [1.807, 2.05) is 0 Å². The van der Waals surface area contributed by atoms with E-state index >= 15 is 0 Å². The predicted octanol–water partition coefficient (Wildman–Crippen LogP) is 1.75. The molecule has 0 unspecified atom stereocenters. The molecule has 5 nitrogen and oxygen atoms in total. The molecule has 0 radical (unpaired) electrons. The fourth-order valence-corrected chi connectivity index (χ4v) is 2.22. The Morgan fingerprint density at radius 2 is 2.25 bits per heavy atom.